The van der Waals surface area contributed by atoms with Gasteiger partial charge in [0.1, 0.15) is 12.1 Å². The zero-order valence-corrected chi connectivity index (χ0v) is 21.7. The number of nitrogens with one attached hydrogen (secondary N) is 2. The van der Waals surface area contributed by atoms with Crippen molar-refractivity contribution in [3.05, 3.63) is 95.3 Å². The summed E-state index contributed by atoms with van der Waals surface area (Å²) in [6.45, 7) is 1.85. The number of hydrogen-bond donors (Lipinski definition) is 2. The molecule has 1 heterocycles. The molecule has 5 rings (SSSR count). The average molecular weight is 570 g/mol. The number of ether oxygens (including phenoxy) is 1. The lowest BCUT2D eigenvalue weighted by molar-refractivity contribution is -0.274. The molecule has 0 atom stereocenters. The first-order chi connectivity index (χ1) is 18.7. The maximum atomic E-state index is 12.4. The number of para-hydroxylation sites is 1. The SMILES string of the molecule is Cc1cccc(Cl)c1NC(=O)NSN=Cc1ccc2c(ccc3c2ncn3-c2ccc(OC(F)(F)F)cc2)c1. The van der Waals surface area contributed by atoms with Crippen molar-refractivity contribution in [2.75, 3.05) is 5.32 Å². The number of urea groups is 1. The Hall–Kier alpha value is -4.22. The Labute approximate surface area is 229 Å². The van der Waals surface area contributed by atoms with Crippen molar-refractivity contribution < 1.29 is 22.7 Å². The Morgan fingerprint density at radius 2 is 1.90 bits per heavy atom. The van der Waals surface area contributed by atoms with Crippen molar-refractivity contribution >= 4 is 63.5 Å². The van der Waals surface area contributed by atoms with E-state index in [0.717, 1.165) is 45.1 Å². The Morgan fingerprint density at radius 1 is 1.10 bits per heavy atom. The average Bonchev–Trinajstić information content (AvgIpc) is 3.33. The van der Waals surface area contributed by atoms with Crippen molar-refractivity contribution in [1.82, 2.24) is 14.3 Å². The molecule has 2 amide bonds. The van der Waals surface area contributed by atoms with Crippen LogP contribution in [0.3, 0.4) is 0 Å². The number of hydrogen-bond acceptors (Lipinski definition) is 5. The molecule has 0 fully saturated rings. The van der Waals surface area contributed by atoms with E-state index in [4.69, 9.17) is 11.6 Å². The molecule has 0 saturated carbocycles. The number of nitrogens with zero attached hydrogens (tertiary/aromatic N) is 3. The number of fused-ring (bicyclic) bond motifs is 3. The molecule has 4 aromatic carbocycles. The topological polar surface area (TPSA) is 80.5 Å². The van der Waals surface area contributed by atoms with Gasteiger partial charge in [-0.05, 0) is 65.9 Å². The number of amides is 2. The standard InChI is InChI=1S/C27H19ClF3N5O2S/c1-16-3-2-4-22(28)24(16)34-26(37)35-39-33-14-17-5-11-21-18(13-17)6-12-23-25(21)32-15-36(23)19-7-9-20(10-8-19)38-27(29,30)31/h2-15H,1H3,(H2,34,35,37). The summed E-state index contributed by atoms with van der Waals surface area (Å²) in [7, 11) is 0. The molecule has 0 radical (unpaired) electrons. The van der Waals surface area contributed by atoms with Gasteiger partial charge < -0.3 is 10.1 Å². The van der Waals surface area contributed by atoms with Gasteiger partial charge in [-0.3, -0.25) is 9.29 Å². The smallest absolute Gasteiger partial charge is 0.406 e. The lowest BCUT2D eigenvalue weighted by Gasteiger charge is -2.10. The van der Waals surface area contributed by atoms with Crippen molar-refractivity contribution in [3.8, 4) is 11.4 Å². The molecule has 1 aromatic heterocycles. The number of aromatic nitrogens is 2. The van der Waals surface area contributed by atoms with E-state index in [9.17, 15) is 18.0 Å². The van der Waals surface area contributed by atoms with E-state index in [-0.39, 0.29) is 5.75 Å². The van der Waals surface area contributed by atoms with Gasteiger partial charge in [-0.25, -0.2) is 14.2 Å². The molecular weight excluding hydrogens is 551 g/mol. The maximum absolute atomic E-state index is 12.4. The quantitative estimate of drug-likeness (QED) is 0.161. The molecule has 39 heavy (non-hydrogen) atoms. The van der Waals surface area contributed by atoms with E-state index >= 15 is 0 Å². The third-order valence-corrected chi connectivity index (χ3v) is 6.56. The number of aryl methyl sites for hydroxylation is 1. The van der Waals surface area contributed by atoms with E-state index in [1.807, 2.05) is 43.3 Å². The number of carbonyl (C=O) groups is 1. The summed E-state index contributed by atoms with van der Waals surface area (Å²) in [6.07, 6.45) is -1.50. The van der Waals surface area contributed by atoms with Crippen LogP contribution in [0.2, 0.25) is 5.02 Å². The van der Waals surface area contributed by atoms with Gasteiger partial charge in [-0.2, -0.15) is 0 Å². The van der Waals surface area contributed by atoms with Gasteiger partial charge >= 0.3 is 12.4 Å². The fourth-order valence-corrected chi connectivity index (χ4v) is 4.64. The van der Waals surface area contributed by atoms with Crippen molar-refractivity contribution in [1.29, 1.82) is 0 Å². The second-order valence-electron chi connectivity index (χ2n) is 8.38. The van der Waals surface area contributed by atoms with Crippen LogP contribution in [-0.4, -0.2) is 28.2 Å². The number of rotatable bonds is 6. The molecule has 0 aliphatic heterocycles. The van der Waals surface area contributed by atoms with Gasteiger partial charge in [0.15, 0.2) is 0 Å². The predicted molar refractivity (Wildman–Crippen MR) is 149 cm³/mol. The molecule has 2 N–H and O–H groups in total. The number of benzene rings is 4. The second kappa shape index (κ2) is 10.9. The number of alkyl halides is 3. The van der Waals surface area contributed by atoms with Gasteiger partial charge in [0.25, 0.3) is 0 Å². The summed E-state index contributed by atoms with van der Waals surface area (Å²) in [5.74, 6) is -0.292. The van der Waals surface area contributed by atoms with Crippen molar-refractivity contribution in [2.45, 2.75) is 13.3 Å². The first-order valence-electron chi connectivity index (χ1n) is 11.5. The van der Waals surface area contributed by atoms with Gasteiger partial charge in [-0.15, -0.1) is 13.2 Å². The van der Waals surface area contributed by atoms with E-state index < -0.39 is 12.4 Å². The molecule has 0 saturated heterocycles. The molecule has 198 valence electrons. The first kappa shape index (κ1) is 26.4. The number of anilines is 1. The van der Waals surface area contributed by atoms with Gasteiger partial charge in [0.05, 0.1) is 33.9 Å². The van der Waals surface area contributed by atoms with E-state index in [2.05, 4.69) is 24.2 Å². The Kier molecular flexibility index (Phi) is 7.36. The highest BCUT2D eigenvalue weighted by molar-refractivity contribution is 7.96. The van der Waals surface area contributed by atoms with Crippen LogP contribution in [0.15, 0.2) is 83.5 Å². The fourth-order valence-electron chi connectivity index (χ4n) is 4.01. The zero-order valence-electron chi connectivity index (χ0n) is 20.2. The molecule has 0 spiro atoms. The summed E-state index contributed by atoms with van der Waals surface area (Å²) in [5.41, 5.74) is 4.39. The van der Waals surface area contributed by atoms with Crippen LogP contribution in [0, 0.1) is 6.92 Å². The first-order valence-corrected chi connectivity index (χ1v) is 12.6. The summed E-state index contributed by atoms with van der Waals surface area (Å²) in [5, 5.41) is 4.98. The Balaban J connectivity index is 1.27. The summed E-state index contributed by atoms with van der Waals surface area (Å²) in [6, 6.07) is 20.0. The van der Waals surface area contributed by atoms with Gasteiger partial charge in [-0.1, -0.05) is 41.9 Å². The van der Waals surface area contributed by atoms with E-state index in [0.29, 0.717) is 16.4 Å². The minimum Gasteiger partial charge on any atom is -0.406 e. The lowest BCUT2D eigenvalue weighted by Crippen LogP contribution is -2.22. The Bertz CT molecular complexity index is 1680. The molecule has 7 nitrogen and oxygen atoms in total. The van der Waals surface area contributed by atoms with Crippen LogP contribution in [0.1, 0.15) is 11.1 Å². The molecule has 0 unspecified atom stereocenters. The van der Waals surface area contributed by atoms with Crippen LogP contribution < -0.4 is 14.8 Å². The fraction of sp³-hybridized carbons (Fsp3) is 0.0741. The molecular formula is C27H19ClF3N5O2S. The lowest BCUT2D eigenvalue weighted by atomic mass is 10.1. The minimum atomic E-state index is -4.74. The molecule has 5 aromatic rings. The third kappa shape index (κ3) is 6.10. The Morgan fingerprint density at radius 3 is 2.64 bits per heavy atom. The van der Waals surface area contributed by atoms with Crippen LogP contribution in [0.4, 0.5) is 23.7 Å². The highest BCUT2D eigenvalue weighted by Gasteiger charge is 2.31. The number of halogens is 4. The second-order valence-corrected chi connectivity index (χ2v) is 9.39. The molecule has 12 heteroatoms. The highest BCUT2D eigenvalue weighted by Crippen LogP contribution is 2.29. The normalized spacial score (nSPS) is 11.8. The highest BCUT2D eigenvalue weighted by atomic mass is 35.5. The van der Waals surface area contributed by atoms with Crippen molar-refractivity contribution in [2.24, 2.45) is 4.40 Å². The number of carbonyl (C=O) groups excluding carboxylic acids is 1. The molecule has 0 bridgehead atoms. The van der Waals surface area contributed by atoms with Crippen LogP contribution >= 0.6 is 23.7 Å². The minimum absolute atomic E-state index is 0.292. The summed E-state index contributed by atoms with van der Waals surface area (Å²) >= 11 is 7.01. The van der Waals surface area contributed by atoms with E-state index in [1.165, 1.54) is 24.3 Å². The van der Waals surface area contributed by atoms with Gasteiger partial charge in [0.2, 0.25) is 0 Å². The molecule has 0 aliphatic carbocycles. The predicted octanol–water partition coefficient (Wildman–Crippen LogP) is 7.84. The largest absolute Gasteiger partial charge is 0.573 e. The number of imidazole rings is 1. The van der Waals surface area contributed by atoms with Crippen LogP contribution in [0.25, 0.3) is 27.5 Å². The molecule has 0 aliphatic rings. The third-order valence-electron chi connectivity index (χ3n) is 5.76. The summed E-state index contributed by atoms with van der Waals surface area (Å²) in [4.78, 5) is 16.7. The van der Waals surface area contributed by atoms with Crippen LogP contribution in [0.5, 0.6) is 5.75 Å². The van der Waals surface area contributed by atoms with Gasteiger partial charge in [0, 0.05) is 17.3 Å². The monoisotopic (exact) mass is 569 g/mol. The maximum Gasteiger partial charge on any atom is 0.573 e. The van der Waals surface area contributed by atoms with E-state index in [1.54, 1.807) is 29.2 Å². The van der Waals surface area contributed by atoms with Crippen molar-refractivity contribution in [3.63, 3.8) is 0 Å². The summed E-state index contributed by atoms with van der Waals surface area (Å²) < 4.78 is 49.9. The zero-order chi connectivity index (χ0) is 27.6. The van der Waals surface area contributed by atoms with Crippen LogP contribution in [-0.2, 0) is 0 Å².